The highest BCUT2D eigenvalue weighted by Gasteiger charge is 2.35. The van der Waals surface area contributed by atoms with Crippen LogP contribution in [-0.2, 0) is 24.8 Å². The fourth-order valence-corrected chi connectivity index (χ4v) is 5.54. The Hall–Kier alpha value is -3.78. The summed E-state index contributed by atoms with van der Waals surface area (Å²) in [6.45, 7) is 5.50. The van der Waals surface area contributed by atoms with Gasteiger partial charge in [-0.3, -0.25) is 9.59 Å². The normalized spacial score (nSPS) is 14.0. The van der Waals surface area contributed by atoms with E-state index < -0.39 is 34.1 Å². The fraction of sp³-hybridized carbons (Fsp3) is 0.192. The van der Waals surface area contributed by atoms with Crippen LogP contribution in [0.15, 0.2) is 76.5 Å². The van der Waals surface area contributed by atoms with E-state index in [0.717, 1.165) is 11.6 Å². The third kappa shape index (κ3) is 4.24. The van der Waals surface area contributed by atoms with E-state index in [1.54, 1.807) is 18.2 Å². The van der Waals surface area contributed by atoms with Gasteiger partial charge in [0.25, 0.3) is 5.91 Å². The van der Waals surface area contributed by atoms with Gasteiger partial charge >= 0.3 is 5.97 Å². The van der Waals surface area contributed by atoms with Gasteiger partial charge in [0.2, 0.25) is 9.84 Å². The maximum Gasteiger partial charge on any atom is 0.338 e. The van der Waals surface area contributed by atoms with Gasteiger partial charge in [0.05, 0.1) is 15.4 Å². The smallest absolute Gasteiger partial charge is 0.338 e. The minimum atomic E-state index is -3.99. The zero-order valence-electron chi connectivity index (χ0n) is 18.9. The molecule has 0 radical (unpaired) electrons. The van der Waals surface area contributed by atoms with E-state index in [9.17, 15) is 22.8 Å². The minimum Gasteiger partial charge on any atom is -0.452 e. The topological polar surface area (TPSA) is 107 Å². The number of amides is 1. The summed E-state index contributed by atoms with van der Waals surface area (Å²) in [7, 11) is -3.99. The van der Waals surface area contributed by atoms with Gasteiger partial charge in [0.15, 0.2) is 12.4 Å². The number of anilines is 1. The first kappa shape index (κ1) is 23.4. The maximum absolute atomic E-state index is 13.0. The highest BCUT2D eigenvalue weighted by molar-refractivity contribution is 7.91. The number of para-hydroxylation sites is 1. The summed E-state index contributed by atoms with van der Waals surface area (Å²) in [6, 6.07) is 17.0. The summed E-state index contributed by atoms with van der Waals surface area (Å²) in [4.78, 5) is 37.4. The first-order chi connectivity index (χ1) is 16.0. The summed E-state index contributed by atoms with van der Waals surface area (Å²) < 4.78 is 31.2. The number of rotatable bonds is 4. The molecule has 1 aliphatic rings. The van der Waals surface area contributed by atoms with E-state index in [-0.39, 0.29) is 31.9 Å². The van der Waals surface area contributed by atoms with Crippen molar-refractivity contribution in [3.63, 3.8) is 0 Å². The number of ether oxygens (including phenoxy) is 1. The monoisotopic (exact) mass is 477 g/mol. The number of carbonyl (C=O) groups excluding carboxylic acids is 3. The van der Waals surface area contributed by atoms with Gasteiger partial charge in [-0.1, -0.05) is 51.1 Å². The molecule has 1 aliphatic heterocycles. The first-order valence-electron chi connectivity index (χ1n) is 10.6. The van der Waals surface area contributed by atoms with Gasteiger partial charge in [-0.25, -0.2) is 13.2 Å². The SMILES string of the molecule is CC(C)(C)c1ccccc1NC(=O)COC(=O)c1ccc2c(c1)S(=O)(=O)c1ccccc1C2=O. The van der Waals surface area contributed by atoms with Crippen molar-refractivity contribution < 1.29 is 27.5 Å². The Kier molecular flexibility index (Phi) is 5.87. The molecule has 0 aromatic heterocycles. The molecule has 0 spiro atoms. The molecule has 0 aliphatic carbocycles. The van der Waals surface area contributed by atoms with Crippen LogP contribution in [-0.4, -0.2) is 32.7 Å². The van der Waals surface area contributed by atoms with E-state index >= 15 is 0 Å². The standard InChI is InChI=1S/C26H23NO6S/c1-26(2,3)19-9-5-6-10-20(19)27-23(28)15-33-25(30)16-12-13-18-22(14-16)34(31,32)21-11-7-4-8-17(21)24(18)29/h4-14H,15H2,1-3H3,(H,27,28). The molecule has 0 atom stereocenters. The molecule has 7 nitrogen and oxygen atoms in total. The number of nitrogens with one attached hydrogen (secondary N) is 1. The number of esters is 1. The third-order valence-corrected chi connectivity index (χ3v) is 7.37. The van der Waals surface area contributed by atoms with Crippen molar-refractivity contribution in [1.29, 1.82) is 0 Å². The van der Waals surface area contributed by atoms with Crippen molar-refractivity contribution in [2.75, 3.05) is 11.9 Å². The average molecular weight is 478 g/mol. The van der Waals surface area contributed by atoms with E-state index in [4.69, 9.17) is 4.74 Å². The Labute approximate surface area is 197 Å². The predicted molar refractivity (Wildman–Crippen MR) is 126 cm³/mol. The number of sulfone groups is 1. The summed E-state index contributed by atoms with van der Waals surface area (Å²) >= 11 is 0. The average Bonchev–Trinajstić information content (AvgIpc) is 2.80. The molecule has 174 valence electrons. The molecule has 0 saturated heterocycles. The van der Waals surface area contributed by atoms with E-state index in [0.29, 0.717) is 5.69 Å². The van der Waals surface area contributed by atoms with Crippen molar-refractivity contribution in [1.82, 2.24) is 0 Å². The molecule has 0 unspecified atom stereocenters. The molecular formula is C26H23NO6S. The maximum atomic E-state index is 13.0. The Balaban J connectivity index is 1.51. The molecule has 3 aromatic rings. The number of hydrogen-bond acceptors (Lipinski definition) is 6. The Bertz CT molecular complexity index is 1430. The zero-order chi connectivity index (χ0) is 24.7. The van der Waals surface area contributed by atoms with E-state index in [2.05, 4.69) is 5.32 Å². The summed E-state index contributed by atoms with van der Waals surface area (Å²) in [5.74, 6) is -1.83. The van der Waals surface area contributed by atoms with Crippen LogP contribution in [0, 0.1) is 0 Å². The Morgan fingerprint density at radius 3 is 2.26 bits per heavy atom. The molecule has 3 aromatic carbocycles. The summed E-state index contributed by atoms with van der Waals surface area (Å²) in [5.41, 5.74) is 1.36. The highest BCUT2D eigenvalue weighted by atomic mass is 32.2. The lowest BCUT2D eigenvalue weighted by Crippen LogP contribution is -2.24. The van der Waals surface area contributed by atoms with Crippen LogP contribution in [0.25, 0.3) is 0 Å². The first-order valence-corrected chi connectivity index (χ1v) is 12.1. The second-order valence-corrected chi connectivity index (χ2v) is 10.8. The number of benzene rings is 3. The van der Waals surface area contributed by atoms with Gasteiger partial charge in [0.1, 0.15) is 0 Å². The molecule has 0 saturated carbocycles. The van der Waals surface area contributed by atoms with E-state index in [1.807, 2.05) is 32.9 Å². The van der Waals surface area contributed by atoms with Crippen LogP contribution in [0.5, 0.6) is 0 Å². The van der Waals surface area contributed by atoms with Crippen molar-refractivity contribution in [3.8, 4) is 0 Å². The second-order valence-electron chi connectivity index (χ2n) is 8.96. The predicted octanol–water partition coefficient (Wildman–Crippen LogP) is 4.16. The van der Waals surface area contributed by atoms with Crippen LogP contribution >= 0.6 is 0 Å². The fourth-order valence-electron chi connectivity index (χ4n) is 3.86. The molecule has 1 heterocycles. The molecular weight excluding hydrogens is 454 g/mol. The molecule has 0 fully saturated rings. The molecule has 1 amide bonds. The van der Waals surface area contributed by atoms with Crippen LogP contribution < -0.4 is 5.32 Å². The number of fused-ring (bicyclic) bond motifs is 2. The van der Waals surface area contributed by atoms with Crippen LogP contribution in [0.1, 0.15) is 52.6 Å². The van der Waals surface area contributed by atoms with Crippen molar-refractivity contribution in [3.05, 3.63) is 89.0 Å². The van der Waals surface area contributed by atoms with Crippen molar-refractivity contribution in [2.45, 2.75) is 36.0 Å². The van der Waals surface area contributed by atoms with E-state index in [1.165, 1.54) is 30.3 Å². The largest absolute Gasteiger partial charge is 0.452 e. The summed E-state index contributed by atoms with van der Waals surface area (Å²) in [6.07, 6.45) is 0. The summed E-state index contributed by atoms with van der Waals surface area (Å²) in [5, 5.41) is 2.75. The molecule has 34 heavy (non-hydrogen) atoms. The second kappa shape index (κ2) is 8.53. The van der Waals surface area contributed by atoms with Crippen LogP contribution in [0.3, 0.4) is 0 Å². The van der Waals surface area contributed by atoms with Gasteiger partial charge in [-0.15, -0.1) is 0 Å². The van der Waals surface area contributed by atoms with Gasteiger partial charge in [0, 0.05) is 16.8 Å². The number of carbonyl (C=O) groups is 3. The zero-order valence-corrected chi connectivity index (χ0v) is 19.7. The lowest BCUT2D eigenvalue weighted by molar-refractivity contribution is -0.119. The van der Waals surface area contributed by atoms with Gasteiger partial charge < -0.3 is 10.1 Å². The van der Waals surface area contributed by atoms with Gasteiger partial charge in [-0.2, -0.15) is 0 Å². The minimum absolute atomic E-state index is 0.00761. The third-order valence-electron chi connectivity index (χ3n) is 5.52. The van der Waals surface area contributed by atoms with Crippen LogP contribution in [0.4, 0.5) is 5.69 Å². The van der Waals surface area contributed by atoms with Crippen LogP contribution in [0.2, 0.25) is 0 Å². The number of hydrogen-bond donors (Lipinski definition) is 1. The van der Waals surface area contributed by atoms with Crippen molar-refractivity contribution >= 4 is 33.2 Å². The van der Waals surface area contributed by atoms with Crippen molar-refractivity contribution in [2.24, 2.45) is 0 Å². The molecule has 4 rings (SSSR count). The molecule has 8 heteroatoms. The van der Waals surface area contributed by atoms with Gasteiger partial charge in [-0.05, 0) is 47.4 Å². The molecule has 0 bridgehead atoms. The lowest BCUT2D eigenvalue weighted by Gasteiger charge is -2.23. The Morgan fingerprint density at radius 1 is 0.882 bits per heavy atom. The molecule has 1 N–H and O–H groups in total. The number of ketones is 1. The lowest BCUT2D eigenvalue weighted by atomic mass is 9.86. The Morgan fingerprint density at radius 2 is 1.53 bits per heavy atom. The quantitative estimate of drug-likeness (QED) is 0.443. The highest BCUT2D eigenvalue weighted by Crippen LogP contribution is 2.35.